The second-order valence-electron chi connectivity index (χ2n) is 3.61. The fourth-order valence-electron chi connectivity index (χ4n) is 1.77. The zero-order valence-corrected chi connectivity index (χ0v) is 9.22. The van der Waals surface area contributed by atoms with Crippen LogP contribution in [0.5, 0.6) is 0 Å². The topological polar surface area (TPSA) is 55.1 Å². The molecule has 3 N–H and O–H groups in total. The Labute approximate surface area is 93.4 Å². The number of benzene rings is 1. The highest BCUT2D eigenvalue weighted by atomic mass is 32.2. The van der Waals surface area contributed by atoms with Crippen molar-refractivity contribution in [1.29, 1.82) is 0 Å². The molecule has 0 aromatic heterocycles. The fraction of sp³-hybridized carbons (Fsp3) is 0.364. The van der Waals surface area contributed by atoms with E-state index in [1.54, 1.807) is 6.07 Å². The van der Waals surface area contributed by atoms with Crippen LogP contribution in [0.25, 0.3) is 0 Å². The van der Waals surface area contributed by atoms with E-state index in [9.17, 15) is 4.79 Å². The highest BCUT2D eigenvalue weighted by molar-refractivity contribution is 8.00. The molecule has 0 spiro atoms. The van der Waals surface area contributed by atoms with E-state index in [2.05, 4.69) is 5.32 Å². The minimum atomic E-state index is -0.332. The van der Waals surface area contributed by atoms with Crippen LogP contribution >= 0.6 is 11.8 Å². The van der Waals surface area contributed by atoms with Crippen LogP contribution in [0.2, 0.25) is 0 Å². The van der Waals surface area contributed by atoms with Gasteiger partial charge in [0.25, 0.3) is 0 Å². The third kappa shape index (κ3) is 2.52. The Morgan fingerprint density at radius 2 is 2.33 bits per heavy atom. The smallest absolute Gasteiger partial charge is 0.248 e. The van der Waals surface area contributed by atoms with E-state index in [4.69, 9.17) is 5.73 Å². The van der Waals surface area contributed by atoms with Gasteiger partial charge in [-0.25, -0.2) is 0 Å². The molecule has 3 nitrogen and oxygen atoms in total. The molecule has 1 aromatic carbocycles. The molecule has 4 heteroatoms. The van der Waals surface area contributed by atoms with Crippen molar-refractivity contribution in [2.75, 3.05) is 12.4 Å². The molecular formula is C11H14N2OS. The Kier molecular flexibility index (Phi) is 3.28. The number of carbonyl (C=O) groups is 1. The van der Waals surface area contributed by atoms with Crippen LogP contribution in [0.4, 0.5) is 0 Å². The fourth-order valence-corrected chi connectivity index (χ4v) is 2.78. The number of nitrogens with two attached hydrogens (primary N) is 1. The van der Waals surface area contributed by atoms with E-state index in [-0.39, 0.29) is 5.91 Å². The highest BCUT2D eigenvalue weighted by Crippen LogP contribution is 2.21. The average Bonchev–Trinajstić information content (AvgIpc) is 2.71. The predicted octanol–water partition coefficient (Wildman–Crippen LogP) is 0.990. The molecule has 0 aliphatic carbocycles. The molecule has 1 aliphatic heterocycles. The number of hydrogen-bond acceptors (Lipinski definition) is 3. The van der Waals surface area contributed by atoms with E-state index in [0.29, 0.717) is 10.8 Å². The van der Waals surface area contributed by atoms with Crippen molar-refractivity contribution < 1.29 is 4.79 Å². The van der Waals surface area contributed by atoms with Gasteiger partial charge < -0.3 is 11.1 Å². The SMILES string of the molecule is NC(=O)c1ccccc1CC1CNCS1. The van der Waals surface area contributed by atoms with E-state index >= 15 is 0 Å². The summed E-state index contributed by atoms with van der Waals surface area (Å²) < 4.78 is 0. The molecule has 1 atom stereocenters. The Bertz CT molecular complexity index is 361. The second kappa shape index (κ2) is 4.68. The molecule has 2 rings (SSSR count). The lowest BCUT2D eigenvalue weighted by molar-refractivity contribution is 0.0999. The van der Waals surface area contributed by atoms with Crippen LogP contribution in [0.15, 0.2) is 24.3 Å². The van der Waals surface area contributed by atoms with Crippen LogP contribution in [0.1, 0.15) is 15.9 Å². The first-order valence-electron chi connectivity index (χ1n) is 4.97. The summed E-state index contributed by atoms with van der Waals surface area (Å²) in [5, 5.41) is 3.85. The second-order valence-corrected chi connectivity index (χ2v) is 4.90. The first kappa shape index (κ1) is 10.5. The lowest BCUT2D eigenvalue weighted by Crippen LogP contribution is -2.18. The summed E-state index contributed by atoms with van der Waals surface area (Å²) in [4.78, 5) is 11.2. The number of carbonyl (C=O) groups excluding carboxylic acids is 1. The van der Waals surface area contributed by atoms with Crippen LogP contribution in [-0.4, -0.2) is 23.6 Å². The minimum absolute atomic E-state index is 0.332. The molecule has 0 bridgehead atoms. The maximum atomic E-state index is 11.2. The van der Waals surface area contributed by atoms with Crippen molar-refractivity contribution in [3.8, 4) is 0 Å². The van der Waals surface area contributed by atoms with Crippen LogP contribution in [0, 0.1) is 0 Å². The number of thioether (sulfide) groups is 1. The lowest BCUT2D eigenvalue weighted by atomic mass is 10.0. The Balaban J connectivity index is 2.15. The van der Waals surface area contributed by atoms with Gasteiger partial charge in [-0.2, -0.15) is 0 Å². The van der Waals surface area contributed by atoms with Gasteiger partial charge in [0.2, 0.25) is 5.91 Å². The molecule has 1 heterocycles. The van der Waals surface area contributed by atoms with E-state index < -0.39 is 0 Å². The van der Waals surface area contributed by atoms with Crippen molar-refractivity contribution in [3.05, 3.63) is 35.4 Å². The zero-order valence-electron chi connectivity index (χ0n) is 8.40. The molecule has 1 unspecified atom stereocenters. The van der Waals surface area contributed by atoms with E-state index in [1.165, 1.54) is 0 Å². The maximum absolute atomic E-state index is 11.2. The van der Waals surface area contributed by atoms with Gasteiger partial charge in [0.05, 0.1) is 0 Å². The quantitative estimate of drug-likeness (QED) is 0.802. The minimum Gasteiger partial charge on any atom is -0.366 e. The van der Waals surface area contributed by atoms with Gasteiger partial charge in [-0.1, -0.05) is 18.2 Å². The molecule has 1 fully saturated rings. The first-order valence-corrected chi connectivity index (χ1v) is 6.02. The summed E-state index contributed by atoms with van der Waals surface area (Å²) >= 11 is 1.89. The predicted molar refractivity (Wildman–Crippen MR) is 62.9 cm³/mol. The summed E-state index contributed by atoms with van der Waals surface area (Å²) in [5.74, 6) is 0.671. The highest BCUT2D eigenvalue weighted by Gasteiger charge is 2.17. The van der Waals surface area contributed by atoms with Gasteiger partial charge in [0, 0.05) is 23.2 Å². The largest absolute Gasteiger partial charge is 0.366 e. The molecule has 0 radical (unpaired) electrons. The Morgan fingerprint density at radius 1 is 1.53 bits per heavy atom. The first-order chi connectivity index (χ1) is 7.27. The normalized spacial score (nSPS) is 20.4. The maximum Gasteiger partial charge on any atom is 0.248 e. The van der Waals surface area contributed by atoms with Crippen LogP contribution < -0.4 is 11.1 Å². The molecule has 1 saturated heterocycles. The average molecular weight is 222 g/mol. The summed E-state index contributed by atoms with van der Waals surface area (Å²) in [6.07, 6.45) is 0.913. The van der Waals surface area contributed by atoms with Crippen molar-refractivity contribution in [1.82, 2.24) is 5.32 Å². The number of primary amides is 1. The van der Waals surface area contributed by atoms with Crippen molar-refractivity contribution in [2.45, 2.75) is 11.7 Å². The van der Waals surface area contributed by atoms with Crippen LogP contribution in [-0.2, 0) is 6.42 Å². The van der Waals surface area contributed by atoms with E-state index in [1.807, 2.05) is 30.0 Å². The number of hydrogen-bond donors (Lipinski definition) is 2. The summed E-state index contributed by atoms with van der Waals surface area (Å²) in [6.45, 7) is 1.01. The number of amides is 1. The standard InChI is InChI=1S/C11H14N2OS/c12-11(14)10-4-2-1-3-8(10)5-9-6-13-7-15-9/h1-4,9,13H,5-7H2,(H2,12,14). The molecule has 1 amide bonds. The molecule has 80 valence electrons. The van der Waals surface area contributed by atoms with Crippen molar-refractivity contribution in [3.63, 3.8) is 0 Å². The number of nitrogens with one attached hydrogen (secondary N) is 1. The van der Waals surface area contributed by atoms with Gasteiger partial charge in [0.1, 0.15) is 0 Å². The summed E-state index contributed by atoms with van der Waals surface area (Å²) in [7, 11) is 0. The zero-order chi connectivity index (χ0) is 10.7. The summed E-state index contributed by atoms with van der Waals surface area (Å²) in [5.41, 5.74) is 7.05. The summed E-state index contributed by atoms with van der Waals surface area (Å²) in [6, 6.07) is 7.59. The molecule has 15 heavy (non-hydrogen) atoms. The number of rotatable bonds is 3. The van der Waals surface area contributed by atoms with Crippen molar-refractivity contribution in [2.24, 2.45) is 5.73 Å². The van der Waals surface area contributed by atoms with Gasteiger partial charge >= 0.3 is 0 Å². The third-order valence-corrected chi connectivity index (χ3v) is 3.70. The third-order valence-electron chi connectivity index (χ3n) is 2.52. The van der Waals surface area contributed by atoms with Gasteiger partial charge in [-0.15, -0.1) is 11.8 Å². The monoisotopic (exact) mass is 222 g/mol. The van der Waals surface area contributed by atoms with Crippen LogP contribution in [0.3, 0.4) is 0 Å². The van der Waals surface area contributed by atoms with Gasteiger partial charge in [0.15, 0.2) is 0 Å². The van der Waals surface area contributed by atoms with Crippen molar-refractivity contribution >= 4 is 17.7 Å². The van der Waals surface area contributed by atoms with Gasteiger partial charge in [-0.3, -0.25) is 4.79 Å². The molecular weight excluding hydrogens is 208 g/mol. The Hall–Kier alpha value is -1.00. The van der Waals surface area contributed by atoms with Gasteiger partial charge in [-0.05, 0) is 18.1 Å². The molecule has 1 aromatic rings. The lowest BCUT2D eigenvalue weighted by Gasteiger charge is -2.10. The van der Waals surface area contributed by atoms with E-state index in [0.717, 1.165) is 24.4 Å². The Morgan fingerprint density at radius 3 is 3.00 bits per heavy atom. The molecule has 1 aliphatic rings. The molecule has 0 saturated carbocycles.